The molecule has 1 aliphatic carbocycles. The van der Waals surface area contributed by atoms with Crippen LogP contribution in [0.25, 0.3) is 11.3 Å². The number of H-pyrrole nitrogens is 2. The molecule has 3 aromatic heterocycles. The van der Waals surface area contributed by atoms with E-state index >= 15 is 0 Å². The highest BCUT2D eigenvalue weighted by Gasteiger charge is 2.31. The number of hydrogen-bond donors (Lipinski definition) is 2. The van der Waals surface area contributed by atoms with Gasteiger partial charge in [0.2, 0.25) is 0 Å². The number of fused-ring (bicyclic) bond motifs is 1. The van der Waals surface area contributed by atoms with E-state index in [0.29, 0.717) is 24.7 Å². The first-order chi connectivity index (χ1) is 12.3. The molecular weight excluding hydrogens is 334 g/mol. The highest BCUT2D eigenvalue weighted by Crippen LogP contribution is 2.39. The molecule has 1 amide bonds. The van der Waals surface area contributed by atoms with E-state index in [1.165, 1.54) is 36.2 Å². The summed E-state index contributed by atoms with van der Waals surface area (Å²) in [6.07, 6.45) is 4.56. The number of carbonyl (C=O) groups excluding carboxylic acids is 1. The van der Waals surface area contributed by atoms with Gasteiger partial charge in [-0.3, -0.25) is 15.0 Å². The molecule has 6 nitrogen and oxygen atoms in total. The molecule has 0 atom stereocenters. The summed E-state index contributed by atoms with van der Waals surface area (Å²) in [5.41, 5.74) is 6.04. The maximum absolute atomic E-state index is 12.9. The Labute approximate surface area is 149 Å². The average molecular weight is 353 g/mol. The molecule has 1 aliphatic heterocycles. The van der Waals surface area contributed by atoms with Gasteiger partial charge in [-0.1, -0.05) is 6.42 Å². The van der Waals surface area contributed by atoms with E-state index in [9.17, 15) is 4.79 Å². The Balaban J connectivity index is 1.37. The van der Waals surface area contributed by atoms with Crippen molar-refractivity contribution in [3.63, 3.8) is 0 Å². The fraction of sp³-hybridized carbons (Fsp3) is 0.389. The van der Waals surface area contributed by atoms with E-state index in [-0.39, 0.29) is 5.91 Å². The van der Waals surface area contributed by atoms with Gasteiger partial charge in [-0.15, -0.1) is 0 Å². The van der Waals surface area contributed by atoms with Crippen molar-refractivity contribution in [2.45, 2.75) is 38.1 Å². The Morgan fingerprint density at radius 2 is 2.20 bits per heavy atom. The summed E-state index contributed by atoms with van der Waals surface area (Å²) in [7, 11) is 0. The summed E-state index contributed by atoms with van der Waals surface area (Å²) in [4.78, 5) is 14.8. The van der Waals surface area contributed by atoms with Gasteiger partial charge in [0.15, 0.2) is 0 Å². The number of hydrogen-bond acceptors (Lipinski definition) is 4. The number of aromatic amines is 2. The average Bonchev–Trinajstić information content (AvgIpc) is 3.32. The number of nitrogens with one attached hydrogen (secondary N) is 2. The summed E-state index contributed by atoms with van der Waals surface area (Å²) in [6, 6.07) is 3.86. The quantitative estimate of drug-likeness (QED) is 0.758. The summed E-state index contributed by atoms with van der Waals surface area (Å²) < 4.78 is 0. The molecule has 1 saturated carbocycles. The molecule has 0 radical (unpaired) electrons. The summed E-state index contributed by atoms with van der Waals surface area (Å²) in [6.45, 7) is 1.36. The molecule has 2 N–H and O–H groups in total. The van der Waals surface area contributed by atoms with Crippen LogP contribution in [-0.2, 0) is 13.0 Å². The normalized spacial score (nSPS) is 17.4. The number of carbonyl (C=O) groups is 1. The van der Waals surface area contributed by atoms with Crippen molar-refractivity contribution in [2.24, 2.45) is 0 Å². The van der Waals surface area contributed by atoms with Crippen molar-refractivity contribution in [3.05, 3.63) is 45.5 Å². The van der Waals surface area contributed by atoms with Crippen molar-refractivity contribution < 1.29 is 4.79 Å². The molecular formula is C18H19N5OS. The van der Waals surface area contributed by atoms with E-state index < -0.39 is 0 Å². The lowest BCUT2D eigenvalue weighted by Gasteiger charge is -2.30. The Morgan fingerprint density at radius 3 is 2.96 bits per heavy atom. The Morgan fingerprint density at radius 1 is 1.28 bits per heavy atom. The van der Waals surface area contributed by atoms with Gasteiger partial charge in [0.1, 0.15) is 5.69 Å². The second kappa shape index (κ2) is 5.84. The summed E-state index contributed by atoms with van der Waals surface area (Å²) in [5, 5.41) is 19.0. The van der Waals surface area contributed by atoms with Crippen LogP contribution >= 0.6 is 11.3 Å². The van der Waals surface area contributed by atoms with Gasteiger partial charge in [0, 0.05) is 47.6 Å². The molecule has 7 heteroatoms. The van der Waals surface area contributed by atoms with E-state index in [1.807, 2.05) is 27.8 Å². The molecule has 0 spiro atoms. The number of rotatable bonds is 3. The minimum absolute atomic E-state index is 0.0142. The van der Waals surface area contributed by atoms with Gasteiger partial charge in [-0.05, 0) is 30.4 Å². The molecule has 3 aromatic rings. The predicted octanol–water partition coefficient (Wildman–Crippen LogP) is 3.33. The highest BCUT2D eigenvalue weighted by molar-refractivity contribution is 7.08. The second-order valence-corrected chi connectivity index (χ2v) is 7.63. The van der Waals surface area contributed by atoms with Crippen molar-refractivity contribution >= 4 is 17.2 Å². The molecule has 25 heavy (non-hydrogen) atoms. The molecule has 5 rings (SSSR count). The number of nitrogens with zero attached hydrogens (tertiary/aromatic N) is 3. The first kappa shape index (κ1) is 14.9. The monoisotopic (exact) mass is 353 g/mol. The molecule has 0 unspecified atom stereocenters. The molecule has 0 saturated heterocycles. The van der Waals surface area contributed by atoms with Gasteiger partial charge in [-0.2, -0.15) is 21.5 Å². The second-order valence-electron chi connectivity index (χ2n) is 6.85. The van der Waals surface area contributed by atoms with Gasteiger partial charge in [0.05, 0.1) is 11.4 Å². The van der Waals surface area contributed by atoms with Crippen molar-refractivity contribution in [1.82, 2.24) is 25.3 Å². The number of amides is 1. The zero-order valence-corrected chi connectivity index (χ0v) is 14.6. The standard InChI is InChI=1S/C18H19N5OS/c24-18(16-8-15(20-21-16)12-5-7-25-10-12)23-6-4-14-13(9-23)17(22-19-14)11-2-1-3-11/h5,7-8,10-11H,1-4,6,9H2,(H,19,22)(H,20,21). The minimum atomic E-state index is 0.0142. The molecule has 4 heterocycles. The molecule has 0 bridgehead atoms. The number of aromatic nitrogens is 4. The Kier molecular flexibility index (Phi) is 3.48. The van der Waals surface area contributed by atoms with Crippen molar-refractivity contribution in [2.75, 3.05) is 6.54 Å². The van der Waals surface area contributed by atoms with E-state index in [1.54, 1.807) is 11.3 Å². The van der Waals surface area contributed by atoms with Crippen LogP contribution in [0.4, 0.5) is 0 Å². The molecule has 128 valence electrons. The van der Waals surface area contributed by atoms with Crippen LogP contribution in [-0.4, -0.2) is 37.7 Å². The van der Waals surface area contributed by atoms with Crippen LogP contribution in [0.15, 0.2) is 22.9 Å². The van der Waals surface area contributed by atoms with Crippen LogP contribution in [0.5, 0.6) is 0 Å². The fourth-order valence-corrected chi connectivity index (χ4v) is 4.32. The third kappa shape index (κ3) is 2.50. The van der Waals surface area contributed by atoms with Crippen LogP contribution in [0.3, 0.4) is 0 Å². The topological polar surface area (TPSA) is 77.7 Å². The Hall–Kier alpha value is -2.41. The predicted molar refractivity (Wildman–Crippen MR) is 95.5 cm³/mol. The minimum Gasteiger partial charge on any atom is -0.332 e. The lowest BCUT2D eigenvalue weighted by atomic mass is 9.81. The third-order valence-electron chi connectivity index (χ3n) is 5.37. The number of thiophene rings is 1. The third-order valence-corrected chi connectivity index (χ3v) is 6.05. The summed E-state index contributed by atoms with van der Waals surface area (Å²) >= 11 is 1.63. The van der Waals surface area contributed by atoms with E-state index in [2.05, 4.69) is 20.4 Å². The van der Waals surface area contributed by atoms with Crippen LogP contribution in [0.2, 0.25) is 0 Å². The van der Waals surface area contributed by atoms with E-state index in [0.717, 1.165) is 17.7 Å². The maximum Gasteiger partial charge on any atom is 0.272 e. The van der Waals surface area contributed by atoms with Crippen molar-refractivity contribution in [1.29, 1.82) is 0 Å². The molecule has 0 aromatic carbocycles. The van der Waals surface area contributed by atoms with Crippen LogP contribution in [0, 0.1) is 0 Å². The smallest absolute Gasteiger partial charge is 0.272 e. The maximum atomic E-state index is 12.9. The zero-order valence-electron chi connectivity index (χ0n) is 13.8. The van der Waals surface area contributed by atoms with Gasteiger partial charge < -0.3 is 4.90 Å². The lowest BCUT2D eigenvalue weighted by molar-refractivity contribution is 0.0727. The Bertz CT molecular complexity index is 906. The van der Waals surface area contributed by atoms with Crippen molar-refractivity contribution in [3.8, 4) is 11.3 Å². The van der Waals surface area contributed by atoms with E-state index in [4.69, 9.17) is 0 Å². The summed E-state index contributed by atoms with van der Waals surface area (Å²) in [5.74, 6) is 0.591. The first-order valence-corrected chi connectivity index (χ1v) is 9.67. The lowest BCUT2D eigenvalue weighted by Crippen LogP contribution is -2.36. The molecule has 1 fully saturated rings. The zero-order chi connectivity index (χ0) is 16.8. The van der Waals surface area contributed by atoms with Gasteiger partial charge in [-0.25, -0.2) is 0 Å². The highest BCUT2D eigenvalue weighted by atomic mass is 32.1. The molecule has 2 aliphatic rings. The van der Waals surface area contributed by atoms with Gasteiger partial charge >= 0.3 is 0 Å². The fourth-order valence-electron chi connectivity index (χ4n) is 3.67. The van der Waals surface area contributed by atoms with Gasteiger partial charge in [0.25, 0.3) is 5.91 Å². The van der Waals surface area contributed by atoms with Crippen LogP contribution in [0.1, 0.15) is 52.6 Å². The first-order valence-electron chi connectivity index (χ1n) is 8.73. The SMILES string of the molecule is O=C(c1cc(-c2ccsc2)n[nH]1)N1CCc2[nH]nc(C3CCC3)c2C1. The van der Waals surface area contributed by atoms with Crippen LogP contribution < -0.4 is 0 Å². The largest absolute Gasteiger partial charge is 0.332 e.